The maximum Gasteiger partial charge on any atom is 0.454 e. The van der Waals surface area contributed by atoms with Crippen LogP contribution in [0.3, 0.4) is 0 Å². The second-order valence-corrected chi connectivity index (χ2v) is 4.36. The first-order valence-corrected chi connectivity index (χ1v) is 5.68. The molecule has 0 aliphatic rings. The summed E-state index contributed by atoms with van der Waals surface area (Å²) in [5.74, 6) is -1.91. The van der Waals surface area contributed by atoms with E-state index in [2.05, 4.69) is 10.3 Å². The molecule has 1 aromatic carbocycles. The van der Waals surface area contributed by atoms with Crippen molar-refractivity contribution in [3.8, 4) is 0 Å². The lowest BCUT2D eigenvalue weighted by Crippen LogP contribution is -2.20. The standard InChI is InChI=1S/C11H7F3N2OS/c12-11(13,14)9(17)5-6-15-10-16-7-3-1-2-4-8(7)18-10/h1-6H,(H,15,16). The number of halogens is 3. The Bertz CT molecular complexity index is 571. The maximum absolute atomic E-state index is 11.9. The van der Waals surface area contributed by atoms with Crippen LogP contribution in [0.5, 0.6) is 0 Å². The molecule has 0 fully saturated rings. The van der Waals surface area contributed by atoms with Crippen molar-refractivity contribution in [2.45, 2.75) is 6.18 Å². The van der Waals surface area contributed by atoms with E-state index in [0.29, 0.717) is 11.2 Å². The lowest BCUT2D eigenvalue weighted by molar-refractivity contribution is -0.165. The number of rotatable bonds is 3. The highest BCUT2D eigenvalue weighted by Gasteiger charge is 2.35. The number of nitrogens with one attached hydrogen (secondary N) is 1. The number of benzene rings is 1. The number of aromatic nitrogens is 1. The zero-order valence-electron chi connectivity index (χ0n) is 8.86. The molecule has 1 aromatic heterocycles. The number of thiazole rings is 1. The van der Waals surface area contributed by atoms with Gasteiger partial charge in [0, 0.05) is 12.3 Å². The van der Waals surface area contributed by atoms with E-state index in [1.807, 2.05) is 18.2 Å². The highest BCUT2D eigenvalue weighted by Crippen LogP contribution is 2.25. The number of anilines is 1. The molecule has 0 aliphatic carbocycles. The zero-order chi connectivity index (χ0) is 13.2. The second-order valence-electron chi connectivity index (χ2n) is 3.33. The number of carbonyl (C=O) groups is 1. The summed E-state index contributed by atoms with van der Waals surface area (Å²) >= 11 is 1.29. The van der Waals surface area contributed by atoms with Crippen LogP contribution in [0.15, 0.2) is 36.5 Å². The Hall–Kier alpha value is -1.89. The van der Waals surface area contributed by atoms with Gasteiger partial charge in [-0.15, -0.1) is 0 Å². The van der Waals surface area contributed by atoms with Gasteiger partial charge in [-0.3, -0.25) is 4.79 Å². The second kappa shape index (κ2) is 4.77. The number of fused-ring (bicyclic) bond motifs is 1. The van der Waals surface area contributed by atoms with Crippen molar-refractivity contribution >= 4 is 32.5 Å². The lowest BCUT2D eigenvalue weighted by Gasteiger charge is -1.99. The van der Waals surface area contributed by atoms with Crippen molar-refractivity contribution in [1.29, 1.82) is 0 Å². The van der Waals surface area contributed by atoms with Crippen molar-refractivity contribution in [3.05, 3.63) is 36.5 Å². The molecule has 94 valence electrons. The first kappa shape index (κ1) is 12.6. The summed E-state index contributed by atoms with van der Waals surface area (Å²) in [6, 6.07) is 7.30. The van der Waals surface area contributed by atoms with Crippen molar-refractivity contribution in [2.24, 2.45) is 0 Å². The Morgan fingerprint density at radius 2 is 2.06 bits per heavy atom. The van der Waals surface area contributed by atoms with Crippen LogP contribution in [0.1, 0.15) is 0 Å². The topological polar surface area (TPSA) is 42.0 Å². The number of nitrogens with zero attached hydrogens (tertiary/aromatic N) is 1. The molecule has 2 rings (SSSR count). The zero-order valence-corrected chi connectivity index (χ0v) is 9.68. The van der Waals surface area contributed by atoms with Gasteiger partial charge in [0.05, 0.1) is 10.2 Å². The van der Waals surface area contributed by atoms with Gasteiger partial charge in [0.2, 0.25) is 0 Å². The average Bonchev–Trinajstić information content (AvgIpc) is 2.70. The van der Waals surface area contributed by atoms with E-state index in [-0.39, 0.29) is 0 Å². The SMILES string of the molecule is O=C(C=CNc1nc2ccccc2s1)C(F)(F)F. The van der Waals surface area contributed by atoms with Crippen LogP contribution in [0, 0.1) is 0 Å². The number of ketones is 1. The van der Waals surface area contributed by atoms with Crippen LogP contribution >= 0.6 is 11.3 Å². The van der Waals surface area contributed by atoms with Gasteiger partial charge >= 0.3 is 6.18 Å². The summed E-state index contributed by atoms with van der Waals surface area (Å²) in [6.45, 7) is 0. The van der Waals surface area contributed by atoms with Crippen LogP contribution < -0.4 is 5.32 Å². The van der Waals surface area contributed by atoms with Crippen molar-refractivity contribution in [3.63, 3.8) is 0 Å². The fraction of sp³-hybridized carbons (Fsp3) is 0.0909. The normalized spacial score (nSPS) is 12.2. The van der Waals surface area contributed by atoms with Gasteiger partial charge < -0.3 is 5.32 Å². The van der Waals surface area contributed by atoms with Crippen LogP contribution in [-0.4, -0.2) is 16.9 Å². The van der Waals surface area contributed by atoms with Crippen molar-refractivity contribution < 1.29 is 18.0 Å². The molecule has 7 heteroatoms. The summed E-state index contributed by atoms with van der Waals surface area (Å²) in [5.41, 5.74) is 0.751. The summed E-state index contributed by atoms with van der Waals surface area (Å²) in [5, 5.41) is 2.98. The molecular weight excluding hydrogens is 265 g/mol. The Morgan fingerprint density at radius 1 is 1.33 bits per heavy atom. The molecule has 0 spiro atoms. The van der Waals surface area contributed by atoms with Gasteiger partial charge in [0.1, 0.15) is 0 Å². The summed E-state index contributed by atoms with van der Waals surface area (Å²) in [7, 11) is 0. The highest BCUT2D eigenvalue weighted by molar-refractivity contribution is 7.22. The summed E-state index contributed by atoms with van der Waals surface area (Å²) < 4.78 is 36.6. The van der Waals surface area contributed by atoms with E-state index < -0.39 is 12.0 Å². The van der Waals surface area contributed by atoms with Gasteiger partial charge in [-0.25, -0.2) is 4.98 Å². The van der Waals surface area contributed by atoms with Gasteiger partial charge in [0.25, 0.3) is 5.78 Å². The molecule has 2 aromatic rings. The molecule has 18 heavy (non-hydrogen) atoms. The van der Waals surface area contributed by atoms with Gasteiger partial charge in [-0.05, 0) is 12.1 Å². The predicted octanol–water partition coefficient (Wildman–Crippen LogP) is 3.35. The molecule has 0 saturated carbocycles. The largest absolute Gasteiger partial charge is 0.454 e. The van der Waals surface area contributed by atoms with E-state index in [1.54, 1.807) is 6.07 Å². The van der Waals surface area contributed by atoms with E-state index in [0.717, 1.165) is 16.4 Å². The molecule has 0 amide bonds. The van der Waals surface area contributed by atoms with Crippen LogP contribution in [-0.2, 0) is 4.79 Å². The lowest BCUT2D eigenvalue weighted by atomic mass is 10.3. The Balaban J connectivity index is 2.06. The maximum atomic E-state index is 11.9. The minimum atomic E-state index is -4.84. The summed E-state index contributed by atoms with van der Waals surface area (Å²) in [6.07, 6.45) is -3.47. The number of alkyl halides is 3. The number of allylic oxidation sites excluding steroid dienone is 1. The average molecular weight is 272 g/mol. The molecule has 0 radical (unpaired) electrons. The molecule has 0 aliphatic heterocycles. The molecule has 1 N–H and O–H groups in total. The summed E-state index contributed by atoms with van der Waals surface area (Å²) in [4.78, 5) is 14.7. The Morgan fingerprint density at radius 3 is 2.72 bits per heavy atom. The number of hydrogen-bond acceptors (Lipinski definition) is 4. The van der Waals surface area contributed by atoms with E-state index in [1.165, 1.54) is 11.3 Å². The molecule has 0 atom stereocenters. The fourth-order valence-corrected chi connectivity index (χ4v) is 2.06. The fourth-order valence-electron chi connectivity index (χ4n) is 1.22. The minimum absolute atomic E-state index is 0.433. The van der Waals surface area contributed by atoms with Gasteiger partial charge in [-0.2, -0.15) is 13.2 Å². The molecule has 0 bridgehead atoms. The quantitative estimate of drug-likeness (QED) is 0.871. The Labute approximate surface area is 104 Å². The van der Waals surface area contributed by atoms with Gasteiger partial charge in [0.15, 0.2) is 5.13 Å². The van der Waals surface area contributed by atoms with Crippen molar-refractivity contribution in [1.82, 2.24) is 4.98 Å². The molecule has 0 saturated heterocycles. The molecular formula is C11H7F3N2OS. The number of carbonyl (C=O) groups excluding carboxylic acids is 1. The molecule has 1 heterocycles. The third-order valence-corrected chi connectivity index (χ3v) is 2.98. The molecule has 3 nitrogen and oxygen atoms in total. The number of hydrogen-bond donors (Lipinski definition) is 1. The first-order chi connectivity index (χ1) is 8.47. The van der Waals surface area contributed by atoms with E-state index >= 15 is 0 Å². The van der Waals surface area contributed by atoms with E-state index in [9.17, 15) is 18.0 Å². The van der Waals surface area contributed by atoms with Crippen LogP contribution in [0.4, 0.5) is 18.3 Å². The number of para-hydroxylation sites is 1. The van der Waals surface area contributed by atoms with E-state index in [4.69, 9.17) is 0 Å². The van der Waals surface area contributed by atoms with Gasteiger partial charge in [-0.1, -0.05) is 23.5 Å². The smallest absolute Gasteiger partial charge is 0.338 e. The van der Waals surface area contributed by atoms with Crippen molar-refractivity contribution in [2.75, 3.05) is 5.32 Å². The monoisotopic (exact) mass is 272 g/mol. The Kier molecular flexibility index (Phi) is 3.33. The predicted molar refractivity (Wildman–Crippen MR) is 63.4 cm³/mol. The third kappa shape index (κ3) is 2.86. The highest BCUT2D eigenvalue weighted by atomic mass is 32.1. The van der Waals surface area contributed by atoms with Crippen LogP contribution in [0.25, 0.3) is 10.2 Å². The minimum Gasteiger partial charge on any atom is -0.338 e. The molecule has 0 unspecified atom stereocenters. The van der Waals surface area contributed by atoms with Crippen LogP contribution in [0.2, 0.25) is 0 Å². The first-order valence-electron chi connectivity index (χ1n) is 4.86. The third-order valence-electron chi connectivity index (χ3n) is 2.01.